The lowest BCUT2D eigenvalue weighted by atomic mass is 10.3. The Bertz CT molecular complexity index is 852. The number of hydrogen-bond acceptors (Lipinski definition) is 5. The number of nitro groups is 1. The van der Waals surface area contributed by atoms with Gasteiger partial charge >= 0.3 is 5.69 Å². The first-order chi connectivity index (χ1) is 10.2. The highest BCUT2D eigenvalue weighted by Crippen LogP contribution is 2.37. The van der Waals surface area contributed by atoms with Gasteiger partial charge in [0.2, 0.25) is 11.6 Å². The van der Waals surface area contributed by atoms with Crippen LogP contribution in [0.15, 0.2) is 41.3 Å². The highest BCUT2D eigenvalue weighted by Gasteiger charge is 2.28. The van der Waals surface area contributed by atoms with E-state index in [1.807, 2.05) is 0 Å². The Morgan fingerprint density at radius 3 is 2.27 bits per heavy atom. The normalized spacial score (nSPS) is 11.2. The number of hydrogen-bond donors (Lipinski definition) is 0. The molecule has 0 spiro atoms. The predicted octanol–water partition coefficient (Wildman–Crippen LogP) is 3.07. The fourth-order valence-electron chi connectivity index (χ4n) is 1.75. The van der Waals surface area contributed by atoms with Crippen LogP contribution in [0.1, 0.15) is 0 Å². The third-order valence-electron chi connectivity index (χ3n) is 2.68. The lowest BCUT2D eigenvalue weighted by Crippen LogP contribution is -2.04. The molecule has 2 aromatic rings. The molecule has 9 heteroatoms. The maximum absolute atomic E-state index is 13.6. The number of sulfone groups is 1. The van der Waals surface area contributed by atoms with Gasteiger partial charge in [0.15, 0.2) is 21.4 Å². The smallest absolute Gasteiger partial charge is 0.330 e. The standard InChI is InChI=1S/C13H9F2NO5S/c1-22(19,20)11-7-3-6-10(13(11)16(17)18)21-9-5-2-4-8(14)12(9)15/h2-7H,1H3. The summed E-state index contributed by atoms with van der Waals surface area (Å²) in [6.07, 6.45) is 0.794. The van der Waals surface area contributed by atoms with Gasteiger partial charge in [0, 0.05) is 6.26 Å². The Morgan fingerprint density at radius 1 is 1.09 bits per heavy atom. The van der Waals surface area contributed by atoms with Crippen molar-refractivity contribution in [1.82, 2.24) is 0 Å². The van der Waals surface area contributed by atoms with Crippen molar-refractivity contribution in [3.05, 3.63) is 58.1 Å². The summed E-state index contributed by atoms with van der Waals surface area (Å²) >= 11 is 0. The average Bonchev–Trinajstić information content (AvgIpc) is 2.42. The van der Waals surface area contributed by atoms with Crippen LogP contribution < -0.4 is 4.74 Å². The minimum atomic E-state index is -3.90. The summed E-state index contributed by atoms with van der Waals surface area (Å²) in [7, 11) is -3.90. The molecule has 0 aliphatic heterocycles. The Balaban J connectivity index is 2.62. The van der Waals surface area contributed by atoms with Gasteiger partial charge in [-0.25, -0.2) is 12.8 Å². The first-order valence-corrected chi connectivity index (χ1v) is 7.70. The molecule has 0 aliphatic rings. The minimum absolute atomic E-state index is 0.502. The topological polar surface area (TPSA) is 86.5 Å². The van der Waals surface area contributed by atoms with E-state index in [1.165, 1.54) is 6.07 Å². The molecular formula is C13H9F2NO5S. The van der Waals surface area contributed by atoms with E-state index in [9.17, 15) is 27.3 Å². The SMILES string of the molecule is CS(=O)(=O)c1cccc(Oc2cccc(F)c2F)c1[N+](=O)[O-]. The zero-order valence-corrected chi connectivity index (χ0v) is 11.9. The van der Waals surface area contributed by atoms with Gasteiger partial charge in [-0.1, -0.05) is 12.1 Å². The maximum atomic E-state index is 13.6. The van der Waals surface area contributed by atoms with Crippen LogP contribution in [-0.4, -0.2) is 19.6 Å². The molecule has 0 bridgehead atoms. The number of ether oxygens (including phenoxy) is 1. The summed E-state index contributed by atoms with van der Waals surface area (Å²) in [5.74, 6) is -3.62. The van der Waals surface area contributed by atoms with Crippen LogP contribution >= 0.6 is 0 Å². The van der Waals surface area contributed by atoms with E-state index in [2.05, 4.69) is 0 Å². The number of nitrogens with zero attached hydrogens (tertiary/aromatic N) is 1. The van der Waals surface area contributed by atoms with Gasteiger partial charge in [-0.3, -0.25) is 10.1 Å². The molecule has 0 N–H and O–H groups in total. The van der Waals surface area contributed by atoms with Crippen LogP contribution in [0, 0.1) is 21.7 Å². The molecule has 22 heavy (non-hydrogen) atoms. The number of para-hydroxylation sites is 1. The molecule has 0 amide bonds. The molecule has 0 heterocycles. The van der Waals surface area contributed by atoms with Gasteiger partial charge < -0.3 is 4.74 Å². The van der Waals surface area contributed by atoms with Crippen LogP contribution in [0.5, 0.6) is 11.5 Å². The number of benzene rings is 2. The van der Waals surface area contributed by atoms with Crippen molar-refractivity contribution in [2.45, 2.75) is 4.90 Å². The molecule has 0 saturated carbocycles. The monoisotopic (exact) mass is 329 g/mol. The van der Waals surface area contributed by atoms with Crippen LogP contribution in [0.4, 0.5) is 14.5 Å². The van der Waals surface area contributed by atoms with Crippen molar-refractivity contribution in [3.63, 3.8) is 0 Å². The second-order valence-electron chi connectivity index (χ2n) is 4.29. The summed E-state index contributed by atoms with van der Waals surface area (Å²) < 4.78 is 54.9. The third kappa shape index (κ3) is 3.03. The highest BCUT2D eigenvalue weighted by molar-refractivity contribution is 7.90. The summed E-state index contributed by atoms with van der Waals surface area (Å²) in [6, 6.07) is 6.40. The van der Waals surface area contributed by atoms with E-state index in [0.29, 0.717) is 0 Å². The highest BCUT2D eigenvalue weighted by atomic mass is 32.2. The molecule has 116 valence electrons. The molecule has 0 atom stereocenters. The first kappa shape index (κ1) is 15.8. The lowest BCUT2D eigenvalue weighted by Gasteiger charge is -2.09. The van der Waals surface area contributed by atoms with Crippen molar-refractivity contribution in [2.75, 3.05) is 6.26 Å². The second kappa shape index (κ2) is 5.68. The summed E-state index contributed by atoms with van der Waals surface area (Å²) in [5, 5.41) is 11.1. The molecule has 6 nitrogen and oxygen atoms in total. The largest absolute Gasteiger partial charge is 0.447 e. The third-order valence-corrected chi connectivity index (χ3v) is 3.81. The maximum Gasteiger partial charge on any atom is 0.330 e. The van der Waals surface area contributed by atoms with E-state index in [-0.39, 0.29) is 0 Å². The van der Waals surface area contributed by atoms with Crippen molar-refractivity contribution >= 4 is 15.5 Å². The van der Waals surface area contributed by atoms with Gasteiger partial charge in [-0.05, 0) is 24.3 Å². The molecule has 0 radical (unpaired) electrons. The summed E-state index contributed by atoms with van der Waals surface area (Å²) in [6.45, 7) is 0. The van der Waals surface area contributed by atoms with E-state index in [4.69, 9.17) is 4.74 Å². The van der Waals surface area contributed by atoms with Crippen LogP contribution in [0.3, 0.4) is 0 Å². The van der Waals surface area contributed by atoms with E-state index < -0.39 is 48.5 Å². The molecule has 0 aliphatic carbocycles. The zero-order chi connectivity index (χ0) is 16.5. The van der Waals surface area contributed by atoms with Crippen molar-refractivity contribution in [3.8, 4) is 11.5 Å². The minimum Gasteiger partial charge on any atom is -0.447 e. The van der Waals surface area contributed by atoms with Gasteiger partial charge in [-0.15, -0.1) is 0 Å². The quantitative estimate of drug-likeness (QED) is 0.635. The molecule has 0 aromatic heterocycles. The molecule has 0 saturated heterocycles. The fraction of sp³-hybridized carbons (Fsp3) is 0.0769. The van der Waals surface area contributed by atoms with Crippen LogP contribution in [-0.2, 0) is 9.84 Å². The number of rotatable bonds is 4. The molecule has 2 aromatic carbocycles. The summed E-state index contributed by atoms with van der Waals surface area (Å²) in [4.78, 5) is 9.59. The molecule has 0 unspecified atom stereocenters. The molecule has 2 rings (SSSR count). The summed E-state index contributed by atoms with van der Waals surface area (Å²) in [5.41, 5.74) is -0.839. The average molecular weight is 329 g/mol. The Labute approximate surface area is 124 Å². The lowest BCUT2D eigenvalue weighted by molar-refractivity contribution is -0.388. The Hall–Kier alpha value is -2.55. The molecule has 0 fully saturated rings. The fourth-order valence-corrected chi connectivity index (χ4v) is 2.60. The van der Waals surface area contributed by atoms with E-state index in [0.717, 1.165) is 36.6 Å². The van der Waals surface area contributed by atoms with Gasteiger partial charge in [-0.2, -0.15) is 4.39 Å². The van der Waals surface area contributed by atoms with Crippen molar-refractivity contribution in [1.29, 1.82) is 0 Å². The van der Waals surface area contributed by atoms with Crippen molar-refractivity contribution in [2.24, 2.45) is 0 Å². The predicted molar refractivity (Wildman–Crippen MR) is 72.6 cm³/mol. The van der Waals surface area contributed by atoms with Gasteiger partial charge in [0.05, 0.1) is 4.92 Å². The van der Waals surface area contributed by atoms with E-state index >= 15 is 0 Å². The Kier molecular flexibility index (Phi) is 4.09. The molecular weight excluding hydrogens is 320 g/mol. The Morgan fingerprint density at radius 2 is 1.68 bits per heavy atom. The first-order valence-electron chi connectivity index (χ1n) is 5.81. The van der Waals surface area contributed by atoms with Gasteiger partial charge in [0.1, 0.15) is 4.90 Å². The number of nitro benzene ring substituents is 1. The second-order valence-corrected chi connectivity index (χ2v) is 6.27. The zero-order valence-electron chi connectivity index (χ0n) is 11.1. The van der Waals surface area contributed by atoms with Gasteiger partial charge in [0.25, 0.3) is 0 Å². The van der Waals surface area contributed by atoms with Crippen molar-refractivity contribution < 1.29 is 26.9 Å². The number of halogens is 2. The van der Waals surface area contributed by atoms with Crippen LogP contribution in [0.25, 0.3) is 0 Å². The van der Waals surface area contributed by atoms with E-state index in [1.54, 1.807) is 0 Å². The van der Waals surface area contributed by atoms with Crippen LogP contribution in [0.2, 0.25) is 0 Å².